The molecule has 0 amide bonds. The molecule has 0 nitrogen and oxygen atoms in total. The molecular weight excluding hydrogens is 188 g/mol. The van der Waals surface area contributed by atoms with Crippen LogP contribution in [0.3, 0.4) is 0 Å². The Morgan fingerprint density at radius 3 is 2.64 bits per heavy atom. The highest BCUT2D eigenvalue weighted by molar-refractivity contribution is 7.99. The van der Waals surface area contributed by atoms with Crippen LogP contribution in [0, 0.1) is 0 Å². The van der Waals surface area contributed by atoms with Gasteiger partial charge in [-0.25, -0.2) is 0 Å². The zero-order valence-corrected chi connectivity index (χ0v) is 10.9. The molecule has 0 aromatic carbocycles. The number of hydrogen-bond acceptors (Lipinski definition) is 1. The van der Waals surface area contributed by atoms with Crippen molar-refractivity contribution in [1.82, 2.24) is 0 Å². The van der Waals surface area contributed by atoms with E-state index < -0.39 is 0 Å². The van der Waals surface area contributed by atoms with Crippen LogP contribution in [0.2, 0.25) is 0 Å². The molecule has 0 heterocycles. The van der Waals surface area contributed by atoms with Crippen LogP contribution >= 0.6 is 11.8 Å². The van der Waals surface area contributed by atoms with E-state index in [2.05, 4.69) is 44.7 Å². The van der Waals surface area contributed by atoms with Gasteiger partial charge in [0.2, 0.25) is 0 Å². The molecule has 0 fully saturated rings. The van der Waals surface area contributed by atoms with Crippen LogP contribution in [-0.2, 0) is 0 Å². The van der Waals surface area contributed by atoms with E-state index in [0.717, 1.165) is 5.25 Å². The van der Waals surface area contributed by atoms with E-state index in [4.69, 9.17) is 0 Å². The normalized spacial score (nSPS) is 13.6. The van der Waals surface area contributed by atoms with Gasteiger partial charge in [0.05, 0.1) is 0 Å². The molecule has 1 heteroatoms. The van der Waals surface area contributed by atoms with E-state index in [-0.39, 0.29) is 0 Å². The summed E-state index contributed by atoms with van der Waals surface area (Å²) < 4.78 is 0. The lowest BCUT2D eigenvalue weighted by Gasteiger charge is -2.09. The van der Waals surface area contributed by atoms with E-state index in [9.17, 15) is 0 Å². The second kappa shape index (κ2) is 11.2. The Hall–Kier alpha value is 0.0900. The van der Waals surface area contributed by atoms with Crippen LogP contribution in [0.1, 0.15) is 59.3 Å². The van der Waals surface area contributed by atoms with Crippen LogP contribution in [0.25, 0.3) is 0 Å². The van der Waals surface area contributed by atoms with E-state index in [0.29, 0.717) is 0 Å². The van der Waals surface area contributed by atoms with Crippen molar-refractivity contribution < 1.29 is 0 Å². The van der Waals surface area contributed by atoms with Crippen molar-refractivity contribution in [3.63, 3.8) is 0 Å². The lowest BCUT2D eigenvalue weighted by Crippen LogP contribution is -1.96. The van der Waals surface area contributed by atoms with Crippen LogP contribution in [-0.4, -0.2) is 11.0 Å². The molecule has 0 aliphatic carbocycles. The summed E-state index contributed by atoms with van der Waals surface area (Å²) in [4.78, 5) is 0. The van der Waals surface area contributed by atoms with Gasteiger partial charge in [-0.05, 0) is 38.4 Å². The third-order valence-electron chi connectivity index (χ3n) is 2.32. The first kappa shape index (κ1) is 14.1. The summed E-state index contributed by atoms with van der Waals surface area (Å²) in [6, 6.07) is 0. The summed E-state index contributed by atoms with van der Waals surface area (Å²) in [5.74, 6) is 1.33. The van der Waals surface area contributed by atoms with Gasteiger partial charge in [0.25, 0.3) is 0 Å². The average Bonchev–Trinajstić information content (AvgIpc) is 2.20. The Morgan fingerprint density at radius 2 is 2.00 bits per heavy atom. The summed E-state index contributed by atoms with van der Waals surface area (Å²) >= 11 is 2.13. The highest BCUT2D eigenvalue weighted by Gasteiger charge is 2.00. The Morgan fingerprint density at radius 1 is 1.21 bits per heavy atom. The van der Waals surface area contributed by atoms with Crippen molar-refractivity contribution in [2.45, 2.75) is 64.5 Å². The summed E-state index contributed by atoms with van der Waals surface area (Å²) in [6.45, 7) is 6.73. The fraction of sp³-hybridized carbons (Fsp3) is 0.846. The monoisotopic (exact) mass is 214 g/mol. The third-order valence-corrected chi connectivity index (χ3v) is 3.77. The number of hydrogen-bond donors (Lipinski definition) is 0. The second-order valence-electron chi connectivity index (χ2n) is 3.89. The van der Waals surface area contributed by atoms with Crippen molar-refractivity contribution in [1.29, 1.82) is 0 Å². The Balaban J connectivity index is 3.10. The van der Waals surface area contributed by atoms with Gasteiger partial charge in [-0.3, -0.25) is 0 Å². The van der Waals surface area contributed by atoms with Gasteiger partial charge in [0.1, 0.15) is 0 Å². The number of unbranched alkanes of at least 4 members (excludes halogenated alkanes) is 3. The molecule has 84 valence electrons. The Bertz CT molecular complexity index is 129. The summed E-state index contributed by atoms with van der Waals surface area (Å²) in [5, 5.41) is 0.872. The largest absolute Gasteiger partial charge is 0.159 e. The Labute approximate surface area is 94.6 Å². The van der Waals surface area contributed by atoms with Crippen LogP contribution in [0.5, 0.6) is 0 Å². The lowest BCUT2D eigenvalue weighted by molar-refractivity contribution is 0.644. The van der Waals surface area contributed by atoms with Crippen LogP contribution in [0.4, 0.5) is 0 Å². The molecule has 0 aliphatic heterocycles. The van der Waals surface area contributed by atoms with Gasteiger partial charge in [-0.1, -0.05) is 38.8 Å². The second-order valence-corrected chi connectivity index (χ2v) is 5.43. The lowest BCUT2D eigenvalue weighted by atomic mass is 10.1. The van der Waals surface area contributed by atoms with Gasteiger partial charge in [0.15, 0.2) is 0 Å². The molecule has 0 bridgehead atoms. The first-order valence-electron chi connectivity index (χ1n) is 6.04. The zero-order valence-electron chi connectivity index (χ0n) is 10.1. The predicted octanol–water partition coefficient (Wildman–Crippen LogP) is 5.04. The smallest absolute Gasteiger partial charge is 0.00187 e. The highest BCUT2D eigenvalue weighted by atomic mass is 32.2. The quantitative estimate of drug-likeness (QED) is 0.382. The molecule has 14 heavy (non-hydrogen) atoms. The molecule has 1 atom stereocenters. The first-order chi connectivity index (χ1) is 6.81. The maximum atomic E-state index is 2.37. The van der Waals surface area contributed by atoms with E-state index in [1.165, 1.54) is 44.3 Å². The Kier molecular flexibility index (Phi) is 11.2. The van der Waals surface area contributed by atoms with Gasteiger partial charge < -0.3 is 0 Å². The van der Waals surface area contributed by atoms with E-state index in [1.807, 2.05) is 0 Å². The van der Waals surface area contributed by atoms with Crippen molar-refractivity contribution >= 4 is 11.8 Å². The minimum atomic E-state index is 0.872. The topological polar surface area (TPSA) is 0 Å². The molecule has 0 aliphatic rings. The maximum Gasteiger partial charge on any atom is 0.00187 e. The molecule has 0 aromatic rings. The summed E-state index contributed by atoms with van der Waals surface area (Å²) in [5.41, 5.74) is 0. The highest BCUT2D eigenvalue weighted by Crippen LogP contribution is 2.18. The minimum Gasteiger partial charge on any atom is -0.159 e. The van der Waals surface area contributed by atoms with Crippen molar-refractivity contribution in [3.05, 3.63) is 12.2 Å². The fourth-order valence-corrected chi connectivity index (χ4v) is 2.41. The van der Waals surface area contributed by atoms with E-state index in [1.54, 1.807) is 0 Å². The molecule has 0 N–H and O–H groups in total. The summed E-state index contributed by atoms with van der Waals surface area (Å²) in [6.07, 6.45) is 12.6. The van der Waals surface area contributed by atoms with Crippen LogP contribution < -0.4 is 0 Å². The molecule has 0 spiro atoms. The third kappa shape index (κ3) is 10.2. The molecule has 0 saturated heterocycles. The number of rotatable bonds is 9. The van der Waals surface area contributed by atoms with Gasteiger partial charge in [0, 0.05) is 5.25 Å². The van der Waals surface area contributed by atoms with Gasteiger partial charge in [-0.15, -0.1) is 0 Å². The average molecular weight is 214 g/mol. The predicted molar refractivity (Wildman–Crippen MR) is 70.1 cm³/mol. The van der Waals surface area contributed by atoms with Gasteiger partial charge >= 0.3 is 0 Å². The molecular formula is C13H26S. The van der Waals surface area contributed by atoms with Gasteiger partial charge in [-0.2, -0.15) is 11.8 Å². The number of allylic oxidation sites excluding steroid dienone is 2. The maximum absolute atomic E-state index is 2.37. The SMILES string of the molecule is CC=CCCCCCC(C)SCCC. The molecule has 0 radical (unpaired) electrons. The zero-order chi connectivity index (χ0) is 10.6. The fourth-order valence-electron chi connectivity index (χ4n) is 1.44. The van der Waals surface area contributed by atoms with Crippen molar-refractivity contribution in [2.75, 3.05) is 5.75 Å². The van der Waals surface area contributed by atoms with Crippen molar-refractivity contribution in [3.8, 4) is 0 Å². The molecule has 0 rings (SSSR count). The first-order valence-corrected chi connectivity index (χ1v) is 7.08. The molecule has 0 aromatic heterocycles. The molecule has 0 saturated carbocycles. The molecule has 1 unspecified atom stereocenters. The summed E-state index contributed by atoms with van der Waals surface area (Å²) in [7, 11) is 0. The van der Waals surface area contributed by atoms with Crippen LogP contribution in [0.15, 0.2) is 12.2 Å². The standard InChI is InChI=1S/C13H26S/c1-4-6-7-8-9-10-11-13(3)14-12-5-2/h4,6,13H,5,7-12H2,1-3H3. The van der Waals surface area contributed by atoms with Crippen molar-refractivity contribution in [2.24, 2.45) is 0 Å². The van der Waals surface area contributed by atoms with E-state index >= 15 is 0 Å². The number of thioether (sulfide) groups is 1. The minimum absolute atomic E-state index is 0.872.